The van der Waals surface area contributed by atoms with E-state index in [1.165, 1.54) is 0 Å². The second-order valence-corrected chi connectivity index (χ2v) is 6.57. The van der Waals surface area contributed by atoms with Crippen LogP contribution in [-0.4, -0.2) is 28.6 Å². The molecule has 0 radical (unpaired) electrons. The van der Waals surface area contributed by atoms with Crippen molar-refractivity contribution >= 4 is 5.91 Å². The van der Waals surface area contributed by atoms with Crippen LogP contribution in [0.25, 0.3) is 0 Å². The van der Waals surface area contributed by atoms with Crippen molar-refractivity contribution in [3.63, 3.8) is 0 Å². The van der Waals surface area contributed by atoms with Gasteiger partial charge in [0, 0.05) is 6.04 Å². The maximum absolute atomic E-state index is 12.5. The highest BCUT2D eigenvalue weighted by molar-refractivity contribution is 5.92. The number of rotatable bonds is 4. The lowest BCUT2D eigenvalue weighted by Crippen LogP contribution is -2.46. The monoisotopic (exact) mass is 238 g/mol. The van der Waals surface area contributed by atoms with E-state index >= 15 is 0 Å². The predicted octanol–water partition coefficient (Wildman–Crippen LogP) is 2.37. The summed E-state index contributed by atoms with van der Waals surface area (Å²) in [5, 5.41) is 3.58. The van der Waals surface area contributed by atoms with E-state index in [2.05, 4.69) is 44.8 Å². The van der Waals surface area contributed by atoms with E-state index in [0.29, 0.717) is 23.8 Å². The Bertz CT molecular complexity index is 307. The average molecular weight is 238 g/mol. The van der Waals surface area contributed by atoms with Crippen LogP contribution in [0.2, 0.25) is 0 Å². The number of carbonyl (C=O) groups excluding carboxylic acids is 1. The molecular weight excluding hydrogens is 212 g/mol. The van der Waals surface area contributed by atoms with Crippen LogP contribution >= 0.6 is 0 Å². The molecule has 3 heteroatoms. The molecule has 2 unspecified atom stereocenters. The summed E-state index contributed by atoms with van der Waals surface area (Å²) in [5.41, 5.74) is -0.164. The molecule has 1 aliphatic heterocycles. The SMILES string of the molecule is CC(C)CC1NC2(CC2)C(=O)N1C(C)C(C)C. The van der Waals surface area contributed by atoms with Gasteiger partial charge in [-0.25, -0.2) is 0 Å². The maximum atomic E-state index is 12.5. The fourth-order valence-corrected chi connectivity index (χ4v) is 2.73. The van der Waals surface area contributed by atoms with Crippen LogP contribution in [0, 0.1) is 11.8 Å². The fraction of sp³-hybridized carbons (Fsp3) is 0.929. The smallest absolute Gasteiger partial charge is 0.244 e. The van der Waals surface area contributed by atoms with Gasteiger partial charge in [0.25, 0.3) is 0 Å². The van der Waals surface area contributed by atoms with Gasteiger partial charge >= 0.3 is 0 Å². The summed E-state index contributed by atoms with van der Waals surface area (Å²) >= 11 is 0. The minimum Gasteiger partial charge on any atom is -0.323 e. The molecule has 1 saturated heterocycles. The minimum absolute atomic E-state index is 0.164. The van der Waals surface area contributed by atoms with Crippen molar-refractivity contribution in [2.75, 3.05) is 0 Å². The van der Waals surface area contributed by atoms with Gasteiger partial charge in [0.05, 0.1) is 11.7 Å². The van der Waals surface area contributed by atoms with E-state index in [1.807, 2.05) is 0 Å². The van der Waals surface area contributed by atoms with E-state index in [4.69, 9.17) is 0 Å². The number of hydrogen-bond donors (Lipinski definition) is 1. The molecule has 2 aliphatic rings. The molecule has 1 N–H and O–H groups in total. The zero-order valence-corrected chi connectivity index (χ0v) is 11.8. The fourth-order valence-electron chi connectivity index (χ4n) is 2.73. The Balaban J connectivity index is 2.16. The lowest BCUT2D eigenvalue weighted by atomic mass is 10.0. The third-order valence-corrected chi connectivity index (χ3v) is 4.27. The number of hydrogen-bond acceptors (Lipinski definition) is 2. The molecule has 3 nitrogen and oxygen atoms in total. The van der Waals surface area contributed by atoms with Gasteiger partial charge in [-0.2, -0.15) is 0 Å². The van der Waals surface area contributed by atoms with Crippen LogP contribution in [0.4, 0.5) is 0 Å². The summed E-state index contributed by atoms with van der Waals surface area (Å²) in [5.74, 6) is 1.49. The zero-order valence-electron chi connectivity index (χ0n) is 11.8. The normalized spacial score (nSPS) is 28.5. The van der Waals surface area contributed by atoms with Gasteiger partial charge < -0.3 is 4.90 Å². The molecule has 1 heterocycles. The molecule has 98 valence electrons. The summed E-state index contributed by atoms with van der Waals surface area (Å²) in [6, 6.07) is 0.332. The Morgan fingerprint density at radius 1 is 1.29 bits per heavy atom. The molecule has 1 saturated carbocycles. The number of nitrogens with zero attached hydrogens (tertiary/aromatic N) is 1. The average Bonchev–Trinajstić information content (AvgIpc) is 2.92. The van der Waals surface area contributed by atoms with Gasteiger partial charge in [-0.05, 0) is 38.0 Å². The van der Waals surface area contributed by atoms with Gasteiger partial charge in [0.1, 0.15) is 0 Å². The first-order chi connectivity index (χ1) is 7.87. The molecule has 1 spiro atoms. The summed E-state index contributed by atoms with van der Waals surface area (Å²) in [6.07, 6.45) is 3.37. The lowest BCUT2D eigenvalue weighted by molar-refractivity contribution is -0.133. The van der Waals surface area contributed by atoms with Crippen molar-refractivity contribution in [3.8, 4) is 0 Å². The Labute approximate surface area is 105 Å². The summed E-state index contributed by atoms with van der Waals surface area (Å²) in [6.45, 7) is 11.0. The molecule has 0 aromatic heterocycles. The largest absolute Gasteiger partial charge is 0.323 e. The topological polar surface area (TPSA) is 32.3 Å². The van der Waals surface area contributed by atoms with Crippen LogP contribution in [0.1, 0.15) is 53.9 Å². The van der Waals surface area contributed by atoms with Crippen molar-refractivity contribution in [1.29, 1.82) is 0 Å². The van der Waals surface area contributed by atoms with Gasteiger partial charge in [0.2, 0.25) is 5.91 Å². The van der Waals surface area contributed by atoms with Gasteiger partial charge in [-0.1, -0.05) is 27.7 Å². The third kappa shape index (κ3) is 2.22. The molecule has 2 fully saturated rings. The second-order valence-electron chi connectivity index (χ2n) is 6.57. The Morgan fingerprint density at radius 2 is 1.88 bits per heavy atom. The van der Waals surface area contributed by atoms with E-state index in [1.54, 1.807) is 0 Å². The van der Waals surface area contributed by atoms with Gasteiger partial charge in [-0.15, -0.1) is 0 Å². The molecule has 0 bridgehead atoms. The third-order valence-electron chi connectivity index (χ3n) is 4.27. The second kappa shape index (κ2) is 4.27. The molecule has 0 aromatic rings. The van der Waals surface area contributed by atoms with Gasteiger partial charge in [-0.3, -0.25) is 10.1 Å². The highest BCUT2D eigenvalue weighted by atomic mass is 16.2. The Hall–Kier alpha value is -0.570. The van der Waals surface area contributed by atoms with Crippen LogP contribution in [0.15, 0.2) is 0 Å². The molecule has 0 aromatic carbocycles. The maximum Gasteiger partial charge on any atom is 0.244 e. The van der Waals surface area contributed by atoms with Crippen molar-refractivity contribution in [2.24, 2.45) is 11.8 Å². The summed E-state index contributed by atoms with van der Waals surface area (Å²) in [7, 11) is 0. The van der Waals surface area contributed by atoms with Crippen molar-refractivity contribution < 1.29 is 4.79 Å². The number of amides is 1. The van der Waals surface area contributed by atoms with Crippen molar-refractivity contribution in [3.05, 3.63) is 0 Å². The summed E-state index contributed by atoms with van der Waals surface area (Å²) in [4.78, 5) is 14.6. The molecule has 2 rings (SSSR count). The quantitative estimate of drug-likeness (QED) is 0.815. The van der Waals surface area contributed by atoms with E-state index in [0.717, 1.165) is 19.3 Å². The molecule has 17 heavy (non-hydrogen) atoms. The highest BCUT2D eigenvalue weighted by Crippen LogP contribution is 2.44. The van der Waals surface area contributed by atoms with E-state index < -0.39 is 0 Å². The van der Waals surface area contributed by atoms with E-state index in [-0.39, 0.29) is 11.7 Å². The number of carbonyl (C=O) groups is 1. The minimum atomic E-state index is -0.164. The van der Waals surface area contributed by atoms with Crippen LogP contribution in [0.5, 0.6) is 0 Å². The predicted molar refractivity (Wildman–Crippen MR) is 69.5 cm³/mol. The van der Waals surface area contributed by atoms with Crippen LogP contribution < -0.4 is 5.32 Å². The highest BCUT2D eigenvalue weighted by Gasteiger charge is 2.59. The van der Waals surface area contributed by atoms with Crippen molar-refractivity contribution in [1.82, 2.24) is 10.2 Å². The molecule has 1 amide bonds. The zero-order chi connectivity index (χ0) is 12.8. The first-order valence-corrected chi connectivity index (χ1v) is 6.98. The first kappa shape index (κ1) is 12.9. The summed E-state index contributed by atoms with van der Waals surface area (Å²) < 4.78 is 0. The standard InChI is InChI=1S/C14H26N2O/c1-9(2)8-12-15-14(6-7-14)13(17)16(12)11(5)10(3)4/h9-12,15H,6-8H2,1-5H3. The first-order valence-electron chi connectivity index (χ1n) is 6.98. The molecule has 1 aliphatic carbocycles. The Morgan fingerprint density at radius 3 is 2.29 bits per heavy atom. The molecule has 2 atom stereocenters. The van der Waals surface area contributed by atoms with Crippen molar-refractivity contribution in [2.45, 2.75) is 71.6 Å². The Kier molecular flexibility index (Phi) is 3.23. The van der Waals surface area contributed by atoms with E-state index in [9.17, 15) is 4.79 Å². The van der Waals surface area contributed by atoms with Gasteiger partial charge in [0.15, 0.2) is 0 Å². The molecular formula is C14H26N2O. The number of nitrogens with one attached hydrogen (secondary N) is 1. The lowest BCUT2D eigenvalue weighted by Gasteiger charge is -2.33. The van der Waals surface area contributed by atoms with Crippen LogP contribution in [0.3, 0.4) is 0 Å². The van der Waals surface area contributed by atoms with Crippen LogP contribution in [-0.2, 0) is 4.79 Å².